The summed E-state index contributed by atoms with van der Waals surface area (Å²) in [5, 5.41) is 5.63. The van der Waals surface area contributed by atoms with E-state index >= 15 is 0 Å². The van der Waals surface area contributed by atoms with Gasteiger partial charge in [0.2, 0.25) is 0 Å². The van der Waals surface area contributed by atoms with Crippen LogP contribution in [0.15, 0.2) is 23.6 Å². The van der Waals surface area contributed by atoms with E-state index in [0.29, 0.717) is 34.9 Å². The highest BCUT2D eigenvalue weighted by atomic mass is 35.5. The number of hydrogen-bond donors (Lipinski definition) is 2. The van der Waals surface area contributed by atoms with Gasteiger partial charge in [0.1, 0.15) is 5.69 Å². The molecular formula is C18H22Cl2N4O2S. The topological polar surface area (TPSA) is 88.3 Å². The van der Waals surface area contributed by atoms with E-state index in [0.717, 1.165) is 37.4 Å². The van der Waals surface area contributed by atoms with Gasteiger partial charge < -0.3 is 16.0 Å². The SMILES string of the molecule is Cl.NCCc1nc(C(=O)Nc2ccc(C(=O)N3CCCCC3)c(Cl)c2)cs1. The van der Waals surface area contributed by atoms with E-state index in [4.69, 9.17) is 17.3 Å². The highest BCUT2D eigenvalue weighted by Crippen LogP contribution is 2.24. The van der Waals surface area contributed by atoms with Crippen LogP contribution in [0.25, 0.3) is 0 Å². The summed E-state index contributed by atoms with van der Waals surface area (Å²) in [4.78, 5) is 31.0. The lowest BCUT2D eigenvalue weighted by molar-refractivity contribution is 0.0724. The third kappa shape index (κ3) is 5.42. The molecule has 0 saturated carbocycles. The number of piperidine rings is 1. The molecule has 1 fully saturated rings. The second kappa shape index (κ2) is 10.0. The van der Waals surface area contributed by atoms with Crippen LogP contribution in [0, 0.1) is 0 Å². The number of carbonyl (C=O) groups excluding carboxylic acids is 2. The standard InChI is InChI=1S/C18H21ClN4O2S.ClH/c19-14-10-12(21-17(24)15-11-26-16(22-15)6-7-20)4-5-13(14)18(25)23-8-2-1-3-9-23;/h4-5,10-11H,1-3,6-9,20H2,(H,21,24);1H. The third-order valence-corrected chi connectivity index (χ3v) is 5.46. The first kappa shape index (κ1) is 21.6. The van der Waals surface area contributed by atoms with Gasteiger partial charge in [-0.3, -0.25) is 9.59 Å². The van der Waals surface area contributed by atoms with Crippen molar-refractivity contribution < 1.29 is 9.59 Å². The molecule has 1 saturated heterocycles. The van der Waals surface area contributed by atoms with Gasteiger partial charge >= 0.3 is 0 Å². The van der Waals surface area contributed by atoms with Gasteiger partial charge in [-0.05, 0) is 44.0 Å². The van der Waals surface area contributed by atoms with Crippen molar-refractivity contribution in [2.75, 3.05) is 25.0 Å². The van der Waals surface area contributed by atoms with Gasteiger partial charge in [0.25, 0.3) is 11.8 Å². The Labute approximate surface area is 173 Å². The molecule has 3 rings (SSSR count). The number of rotatable bonds is 5. The molecule has 2 amide bonds. The number of aromatic nitrogens is 1. The number of amides is 2. The number of carbonyl (C=O) groups is 2. The van der Waals surface area contributed by atoms with Crippen molar-refractivity contribution >= 4 is 52.8 Å². The maximum absolute atomic E-state index is 12.6. The predicted octanol–water partition coefficient (Wildman–Crippen LogP) is 3.60. The molecule has 1 aromatic heterocycles. The fraction of sp³-hybridized carbons (Fsp3) is 0.389. The predicted molar refractivity (Wildman–Crippen MR) is 111 cm³/mol. The van der Waals surface area contributed by atoms with Crippen molar-refractivity contribution in [3.05, 3.63) is 44.9 Å². The molecule has 0 atom stereocenters. The number of halogens is 2. The fourth-order valence-electron chi connectivity index (χ4n) is 2.88. The molecule has 3 N–H and O–H groups in total. The molecule has 2 aromatic rings. The van der Waals surface area contributed by atoms with E-state index in [2.05, 4.69) is 10.3 Å². The first-order valence-electron chi connectivity index (χ1n) is 8.63. The summed E-state index contributed by atoms with van der Waals surface area (Å²) in [6.45, 7) is 2.03. The van der Waals surface area contributed by atoms with Gasteiger partial charge in [-0.25, -0.2) is 4.98 Å². The van der Waals surface area contributed by atoms with E-state index in [1.54, 1.807) is 23.6 Å². The second-order valence-electron chi connectivity index (χ2n) is 6.17. The van der Waals surface area contributed by atoms with Gasteiger partial charge in [0, 0.05) is 30.6 Å². The first-order valence-corrected chi connectivity index (χ1v) is 9.89. The Morgan fingerprint density at radius 1 is 1.26 bits per heavy atom. The lowest BCUT2D eigenvalue weighted by Gasteiger charge is -2.27. The fourth-order valence-corrected chi connectivity index (χ4v) is 3.94. The van der Waals surface area contributed by atoms with Gasteiger partial charge in [-0.1, -0.05) is 11.6 Å². The Morgan fingerprint density at radius 2 is 2.00 bits per heavy atom. The molecule has 0 bridgehead atoms. The monoisotopic (exact) mass is 428 g/mol. The molecule has 0 unspecified atom stereocenters. The van der Waals surface area contributed by atoms with Crippen molar-refractivity contribution in [1.29, 1.82) is 0 Å². The van der Waals surface area contributed by atoms with Gasteiger partial charge in [-0.15, -0.1) is 23.7 Å². The van der Waals surface area contributed by atoms with Crippen molar-refractivity contribution in [2.45, 2.75) is 25.7 Å². The molecular weight excluding hydrogens is 407 g/mol. The zero-order chi connectivity index (χ0) is 18.5. The molecule has 146 valence electrons. The highest BCUT2D eigenvalue weighted by molar-refractivity contribution is 7.09. The van der Waals surface area contributed by atoms with Crippen molar-refractivity contribution in [3.8, 4) is 0 Å². The Morgan fingerprint density at radius 3 is 2.67 bits per heavy atom. The van der Waals surface area contributed by atoms with Gasteiger partial charge in [0.05, 0.1) is 15.6 Å². The summed E-state index contributed by atoms with van der Waals surface area (Å²) in [7, 11) is 0. The number of thiazole rings is 1. The van der Waals surface area contributed by atoms with Crippen LogP contribution in [0.4, 0.5) is 5.69 Å². The molecule has 1 aliphatic heterocycles. The van der Waals surface area contributed by atoms with E-state index in [1.807, 2.05) is 4.90 Å². The Balaban J connectivity index is 0.00000261. The van der Waals surface area contributed by atoms with E-state index in [9.17, 15) is 9.59 Å². The number of hydrogen-bond acceptors (Lipinski definition) is 5. The number of benzene rings is 1. The van der Waals surface area contributed by atoms with Crippen LogP contribution in [0.2, 0.25) is 5.02 Å². The van der Waals surface area contributed by atoms with Crippen LogP contribution in [-0.2, 0) is 6.42 Å². The number of nitrogens with two attached hydrogens (primary N) is 1. The summed E-state index contributed by atoms with van der Waals surface area (Å²) in [6, 6.07) is 4.95. The summed E-state index contributed by atoms with van der Waals surface area (Å²) in [5.41, 5.74) is 6.84. The molecule has 9 heteroatoms. The maximum Gasteiger partial charge on any atom is 0.275 e. The number of anilines is 1. The second-order valence-corrected chi connectivity index (χ2v) is 7.52. The Hall–Kier alpha value is -1.67. The summed E-state index contributed by atoms with van der Waals surface area (Å²) < 4.78 is 0. The first-order chi connectivity index (χ1) is 12.6. The molecule has 27 heavy (non-hydrogen) atoms. The summed E-state index contributed by atoms with van der Waals surface area (Å²) >= 11 is 7.70. The maximum atomic E-state index is 12.6. The van der Waals surface area contributed by atoms with Crippen LogP contribution >= 0.6 is 35.3 Å². The molecule has 6 nitrogen and oxygen atoms in total. The molecule has 0 spiro atoms. The largest absolute Gasteiger partial charge is 0.339 e. The van der Waals surface area contributed by atoms with Crippen LogP contribution < -0.4 is 11.1 Å². The van der Waals surface area contributed by atoms with Crippen LogP contribution in [-0.4, -0.2) is 41.3 Å². The molecule has 2 heterocycles. The van der Waals surface area contributed by atoms with Crippen molar-refractivity contribution in [2.24, 2.45) is 5.73 Å². The van der Waals surface area contributed by atoms with Crippen molar-refractivity contribution in [1.82, 2.24) is 9.88 Å². The molecule has 1 aromatic carbocycles. The zero-order valence-corrected chi connectivity index (χ0v) is 17.1. The van der Waals surface area contributed by atoms with Gasteiger partial charge in [-0.2, -0.15) is 0 Å². The summed E-state index contributed by atoms with van der Waals surface area (Å²) in [5.74, 6) is -0.366. The third-order valence-electron chi connectivity index (χ3n) is 4.24. The van der Waals surface area contributed by atoms with Crippen LogP contribution in [0.3, 0.4) is 0 Å². The number of likely N-dealkylation sites (tertiary alicyclic amines) is 1. The van der Waals surface area contributed by atoms with E-state index in [1.165, 1.54) is 11.3 Å². The molecule has 0 radical (unpaired) electrons. The van der Waals surface area contributed by atoms with Crippen LogP contribution in [0.5, 0.6) is 0 Å². The number of nitrogens with zero attached hydrogens (tertiary/aromatic N) is 2. The molecule has 0 aliphatic carbocycles. The smallest absolute Gasteiger partial charge is 0.275 e. The minimum atomic E-state index is -0.310. The van der Waals surface area contributed by atoms with E-state index < -0.39 is 0 Å². The quantitative estimate of drug-likeness (QED) is 0.760. The average Bonchev–Trinajstić information content (AvgIpc) is 3.11. The molecule has 1 aliphatic rings. The Bertz CT molecular complexity index is 806. The zero-order valence-electron chi connectivity index (χ0n) is 14.7. The van der Waals surface area contributed by atoms with Crippen molar-refractivity contribution in [3.63, 3.8) is 0 Å². The van der Waals surface area contributed by atoms with E-state index in [-0.39, 0.29) is 24.2 Å². The highest BCUT2D eigenvalue weighted by Gasteiger charge is 2.21. The lowest BCUT2D eigenvalue weighted by atomic mass is 10.1. The normalized spacial score (nSPS) is 13.8. The summed E-state index contributed by atoms with van der Waals surface area (Å²) in [6.07, 6.45) is 3.86. The average molecular weight is 429 g/mol. The Kier molecular flexibility index (Phi) is 8.04. The lowest BCUT2D eigenvalue weighted by Crippen LogP contribution is -2.35. The minimum absolute atomic E-state index is 0. The number of nitrogens with one attached hydrogen (secondary N) is 1. The van der Waals surface area contributed by atoms with Gasteiger partial charge in [0.15, 0.2) is 0 Å². The van der Waals surface area contributed by atoms with Crippen LogP contribution in [0.1, 0.15) is 45.1 Å². The minimum Gasteiger partial charge on any atom is -0.339 e.